The van der Waals surface area contributed by atoms with Crippen molar-refractivity contribution in [3.05, 3.63) is 27.7 Å². The van der Waals surface area contributed by atoms with E-state index in [-0.39, 0.29) is 12.5 Å². The maximum Gasteiger partial charge on any atom is 0.260 e. The Labute approximate surface area is 142 Å². The molecule has 122 valence electrons. The van der Waals surface area contributed by atoms with Crippen LogP contribution in [0.3, 0.4) is 0 Å². The molecule has 0 unspecified atom stereocenters. The number of carbonyl (C=O) groups excluding carboxylic acids is 1. The van der Waals surface area contributed by atoms with E-state index in [1.54, 1.807) is 0 Å². The molecule has 0 radical (unpaired) electrons. The van der Waals surface area contributed by atoms with Crippen LogP contribution in [0.15, 0.2) is 16.6 Å². The summed E-state index contributed by atoms with van der Waals surface area (Å²) < 4.78 is 6.95. The lowest BCUT2D eigenvalue weighted by Gasteiger charge is -2.30. The predicted molar refractivity (Wildman–Crippen MR) is 93.4 cm³/mol. The summed E-state index contributed by atoms with van der Waals surface area (Å²) in [5.41, 5.74) is 2.26. The number of benzene rings is 1. The number of ether oxygens (including phenoxy) is 1. The van der Waals surface area contributed by atoms with Crippen molar-refractivity contribution in [2.24, 2.45) is 5.92 Å². The Balaban J connectivity index is 2.02. The summed E-state index contributed by atoms with van der Waals surface area (Å²) in [6, 6.07) is 4.12. The van der Waals surface area contributed by atoms with E-state index in [2.05, 4.69) is 42.8 Å². The quantitative estimate of drug-likeness (QED) is 0.782. The van der Waals surface area contributed by atoms with Gasteiger partial charge in [0.2, 0.25) is 0 Å². The summed E-state index contributed by atoms with van der Waals surface area (Å²) in [4.78, 5) is 14.2. The average molecular weight is 368 g/mol. The highest BCUT2D eigenvalue weighted by Gasteiger charge is 2.21. The lowest BCUT2D eigenvalue weighted by atomic mass is 9.99. The highest BCUT2D eigenvalue weighted by molar-refractivity contribution is 9.10. The number of likely N-dealkylation sites (tertiary alicyclic amines) is 1. The Kier molecular flexibility index (Phi) is 5.90. The zero-order valence-electron chi connectivity index (χ0n) is 14.0. The van der Waals surface area contributed by atoms with E-state index >= 15 is 0 Å². The maximum absolute atomic E-state index is 12.3. The molecule has 1 fully saturated rings. The lowest BCUT2D eigenvalue weighted by Crippen LogP contribution is -2.40. The van der Waals surface area contributed by atoms with E-state index in [4.69, 9.17) is 4.74 Å². The van der Waals surface area contributed by atoms with Gasteiger partial charge in [0, 0.05) is 17.6 Å². The third kappa shape index (κ3) is 4.25. The van der Waals surface area contributed by atoms with Crippen molar-refractivity contribution in [1.29, 1.82) is 0 Å². The molecule has 22 heavy (non-hydrogen) atoms. The molecule has 4 heteroatoms. The van der Waals surface area contributed by atoms with Gasteiger partial charge < -0.3 is 9.64 Å². The first-order valence-electron chi connectivity index (χ1n) is 8.09. The van der Waals surface area contributed by atoms with Crippen LogP contribution < -0.4 is 4.74 Å². The van der Waals surface area contributed by atoms with E-state index < -0.39 is 0 Å². The molecular formula is C18H26BrNO2. The summed E-state index contributed by atoms with van der Waals surface area (Å²) >= 11 is 3.57. The van der Waals surface area contributed by atoms with Crippen molar-refractivity contribution >= 4 is 21.8 Å². The number of hydrogen-bond acceptors (Lipinski definition) is 2. The second-order valence-corrected chi connectivity index (χ2v) is 7.50. The molecule has 0 aromatic heterocycles. The van der Waals surface area contributed by atoms with Crippen LogP contribution in [0.5, 0.6) is 5.75 Å². The van der Waals surface area contributed by atoms with Gasteiger partial charge in [-0.3, -0.25) is 4.79 Å². The molecule has 1 saturated heterocycles. The van der Waals surface area contributed by atoms with Gasteiger partial charge in [-0.2, -0.15) is 0 Å². The molecule has 0 aliphatic carbocycles. The molecule has 1 amide bonds. The topological polar surface area (TPSA) is 29.5 Å². The second kappa shape index (κ2) is 7.49. The highest BCUT2D eigenvalue weighted by Crippen LogP contribution is 2.32. The first kappa shape index (κ1) is 17.3. The molecule has 1 heterocycles. The molecule has 0 bridgehead atoms. The summed E-state index contributed by atoms with van der Waals surface area (Å²) in [6.07, 6.45) is 2.20. The molecule has 1 aromatic rings. The van der Waals surface area contributed by atoms with Crippen LogP contribution in [0.2, 0.25) is 0 Å². The Morgan fingerprint density at radius 2 is 2.00 bits per heavy atom. The second-order valence-electron chi connectivity index (χ2n) is 6.65. The minimum Gasteiger partial charge on any atom is -0.483 e. The molecule has 1 aliphatic rings. The average Bonchev–Trinajstić information content (AvgIpc) is 2.48. The zero-order valence-corrected chi connectivity index (χ0v) is 15.6. The van der Waals surface area contributed by atoms with Crippen LogP contribution in [-0.2, 0) is 4.79 Å². The normalized spacial score (nSPS) is 16.2. The van der Waals surface area contributed by atoms with Gasteiger partial charge in [-0.1, -0.05) is 36.7 Å². The van der Waals surface area contributed by atoms with Crippen molar-refractivity contribution < 1.29 is 9.53 Å². The van der Waals surface area contributed by atoms with Gasteiger partial charge in [0.05, 0.1) is 0 Å². The molecule has 1 aromatic carbocycles. The fourth-order valence-corrected chi connectivity index (χ4v) is 3.10. The van der Waals surface area contributed by atoms with Crippen LogP contribution in [0.1, 0.15) is 50.7 Å². The summed E-state index contributed by atoms with van der Waals surface area (Å²) in [5, 5.41) is 0. The summed E-state index contributed by atoms with van der Waals surface area (Å²) in [5.74, 6) is 2.01. The van der Waals surface area contributed by atoms with Gasteiger partial charge in [-0.25, -0.2) is 0 Å². The van der Waals surface area contributed by atoms with Crippen molar-refractivity contribution in [2.45, 2.75) is 46.5 Å². The standard InChI is InChI=1S/C18H26BrNO2/c1-12(2)15-10-16(19)14(4)9-17(15)22-11-18(21)20-7-5-13(3)6-8-20/h9-10,12-13H,5-8,11H2,1-4H3. The Morgan fingerprint density at radius 1 is 1.36 bits per heavy atom. The predicted octanol–water partition coefficient (Wildman–Crippen LogP) is 4.52. The van der Waals surface area contributed by atoms with Crippen LogP contribution in [0.4, 0.5) is 0 Å². The molecule has 0 spiro atoms. The minimum absolute atomic E-state index is 0.0992. The van der Waals surface area contributed by atoms with Crippen LogP contribution in [-0.4, -0.2) is 30.5 Å². The number of piperidine rings is 1. The third-order valence-electron chi connectivity index (χ3n) is 4.40. The van der Waals surface area contributed by atoms with E-state index in [1.165, 1.54) is 0 Å². The smallest absolute Gasteiger partial charge is 0.260 e. The van der Waals surface area contributed by atoms with Crippen molar-refractivity contribution in [1.82, 2.24) is 4.90 Å². The number of halogens is 1. The Hall–Kier alpha value is -1.03. The van der Waals surface area contributed by atoms with Crippen LogP contribution in [0, 0.1) is 12.8 Å². The van der Waals surface area contributed by atoms with E-state index in [0.717, 1.165) is 53.2 Å². The first-order chi connectivity index (χ1) is 10.4. The number of aryl methyl sites for hydroxylation is 1. The minimum atomic E-state index is 0.0992. The molecule has 0 saturated carbocycles. The first-order valence-corrected chi connectivity index (χ1v) is 8.88. The molecule has 3 nitrogen and oxygen atoms in total. The van der Waals surface area contributed by atoms with Gasteiger partial charge in [0.25, 0.3) is 5.91 Å². The van der Waals surface area contributed by atoms with Gasteiger partial charge in [-0.15, -0.1) is 0 Å². The Morgan fingerprint density at radius 3 is 2.59 bits per heavy atom. The fourth-order valence-electron chi connectivity index (χ4n) is 2.74. The lowest BCUT2D eigenvalue weighted by molar-refractivity contribution is -0.134. The summed E-state index contributed by atoms with van der Waals surface area (Å²) in [6.45, 7) is 10.4. The van der Waals surface area contributed by atoms with E-state index in [0.29, 0.717) is 5.92 Å². The number of hydrogen-bond donors (Lipinski definition) is 0. The van der Waals surface area contributed by atoms with Crippen molar-refractivity contribution in [3.8, 4) is 5.75 Å². The SMILES string of the molecule is Cc1cc(OCC(=O)N2CCC(C)CC2)c(C(C)C)cc1Br. The van der Waals surface area contributed by atoms with E-state index in [1.807, 2.05) is 17.9 Å². The molecule has 2 rings (SSSR count). The van der Waals surface area contributed by atoms with Gasteiger partial charge >= 0.3 is 0 Å². The molecule has 1 aliphatic heterocycles. The highest BCUT2D eigenvalue weighted by atomic mass is 79.9. The maximum atomic E-state index is 12.3. The molecule has 0 atom stereocenters. The number of amides is 1. The van der Waals surface area contributed by atoms with Gasteiger partial charge in [0.1, 0.15) is 5.75 Å². The van der Waals surface area contributed by atoms with Gasteiger partial charge in [0.15, 0.2) is 6.61 Å². The number of nitrogens with zero attached hydrogens (tertiary/aromatic N) is 1. The van der Waals surface area contributed by atoms with Crippen LogP contribution >= 0.6 is 15.9 Å². The monoisotopic (exact) mass is 367 g/mol. The van der Waals surface area contributed by atoms with E-state index in [9.17, 15) is 4.79 Å². The number of carbonyl (C=O) groups is 1. The fraction of sp³-hybridized carbons (Fsp3) is 0.611. The largest absolute Gasteiger partial charge is 0.483 e. The Bertz CT molecular complexity index is 534. The molecular weight excluding hydrogens is 342 g/mol. The zero-order chi connectivity index (χ0) is 16.3. The van der Waals surface area contributed by atoms with Crippen molar-refractivity contribution in [3.63, 3.8) is 0 Å². The van der Waals surface area contributed by atoms with Crippen LogP contribution in [0.25, 0.3) is 0 Å². The number of rotatable bonds is 4. The molecule has 0 N–H and O–H groups in total. The summed E-state index contributed by atoms with van der Waals surface area (Å²) in [7, 11) is 0. The van der Waals surface area contributed by atoms with Gasteiger partial charge in [-0.05, 0) is 54.9 Å². The third-order valence-corrected chi connectivity index (χ3v) is 5.25. The van der Waals surface area contributed by atoms with Crippen molar-refractivity contribution in [2.75, 3.05) is 19.7 Å².